The van der Waals surface area contributed by atoms with E-state index in [1.807, 2.05) is 41.6 Å². The van der Waals surface area contributed by atoms with Crippen LogP contribution in [0.15, 0.2) is 61.2 Å². The maximum atomic E-state index is 5.90. The molecule has 0 aliphatic rings. The van der Waals surface area contributed by atoms with Crippen molar-refractivity contribution in [2.45, 2.75) is 20.0 Å². The molecule has 0 N–H and O–H groups in total. The first-order chi connectivity index (χ1) is 10.2. The lowest BCUT2D eigenvalue weighted by atomic mass is 10.1. The van der Waals surface area contributed by atoms with Crippen LogP contribution in [0.4, 0.5) is 0 Å². The van der Waals surface area contributed by atoms with Crippen LogP contribution in [-0.4, -0.2) is 9.78 Å². The van der Waals surface area contributed by atoms with Crippen LogP contribution in [0.5, 0.6) is 0 Å². The van der Waals surface area contributed by atoms with Gasteiger partial charge in [-0.25, -0.2) is 4.57 Å². The van der Waals surface area contributed by atoms with Crippen molar-refractivity contribution in [1.82, 2.24) is 9.78 Å². The number of hydrogen-bond donors (Lipinski definition) is 0. The minimum absolute atomic E-state index is 0.763. The lowest BCUT2D eigenvalue weighted by Crippen LogP contribution is -2.31. The first kappa shape index (κ1) is 13.8. The third-order valence-electron chi connectivity index (χ3n) is 3.37. The molecule has 0 bridgehead atoms. The van der Waals surface area contributed by atoms with Crippen LogP contribution in [-0.2, 0) is 13.1 Å². The summed E-state index contributed by atoms with van der Waals surface area (Å²) in [6.07, 6.45) is 3.87. The Kier molecular flexibility index (Phi) is 4.02. The van der Waals surface area contributed by atoms with Crippen LogP contribution in [0.3, 0.4) is 0 Å². The van der Waals surface area contributed by atoms with Crippen LogP contribution >= 0.6 is 11.6 Å². The van der Waals surface area contributed by atoms with E-state index in [9.17, 15) is 0 Å². The van der Waals surface area contributed by atoms with Gasteiger partial charge in [0.15, 0.2) is 0 Å². The molecule has 4 heteroatoms. The Hall–Kier alpha value is -2.13. The Bertz CT molecular complexity index is 653. The van der Waals surface area contributed by atoms with E-state index in [1.165, 1.54) is 16.7 Å². The van der Waals surface area contributed by atoms with Crippen molar-refractivity contribution in [3.8, 4) is 0 Å². The highest BCUT2D eigenvalue weighted by Gasteiger charge is 2.07. The van der Waals surface area contributed by atoms with Gasteiger partial charge in [-0.3, -0.25) is 0 Å². The number of rotatable bonds is 4. The molecule has 3 nitrogen and oxygen atoms in total. The topological polar surface area (TPSA) is 21.7 Å². The van der Waals surface area contributed by atoms with Crippen molar-refractivity contribution < 1.29 is 4.57 Å². The van der Waals surface area contributed by atoms with Gasteiger partial charge in [0.2, 0.25) is 6.33 Å². The van der Waals surface area contributed by atoms with Crippen molar-refractivity contribution in [3.63, 3.8) is 0 Å². The van der Waals surface area contributed by atoms with Crippen molar-refractivity contribution in [2.75, 3.05) is 0 Å². The second-order valence-corrected chi connectivity index (χ2v) is 5.66. The first-order valence-electron chi connectivity index (χ1n) is 6.90. The monoisotopic (exact) mass is 298 g/mol. The van der Waals surface area contributed by atoms with Gasteiger partial charge >= 0.3 is 0 Å². The van der Waals surface area contributed by atoms with Crippen LogP contribution in [0.25, 0.3) is 0 Å². The highest BCUT2D eigenvalue weighted by molar-refractivity contribution is 6.30. The van der Waals surface area contributed by atoms with E-state index in [-0.39, 0.29) is 0 Å². The molecule has 0 atom stereocenters. The molecule has 0 spiro atoms. The van der Waals surface area contributed by atoms with Crippen molar-refractivity contribution in [3.05, 3.63) is 82.9 Å². The molecule has 0 amide bonds. The highest BCUT2D eigenvalue weighted by Crippen LogP contribution is 2.09. The SMILES string of the molecule is Cc1ccc(Cn2c[n+](Cc3ccc(Cl)cc3)cn2)cc1. The number of benzene rings is 2. The number of aryl methyl sites for hydroxylation is 1. The fraction of sp³-hybridized carbons (Fsp3) is 0.176. The minimum Gasteiger partial charge on any atom is -0.233 e. The second-order valence-electron chi connectivity index (χ2n) is 5.23. The zero-order chi connectivity index (χ0) is 14.7. The maximum Gasteiger partial charge on any atom is 0.265 e. The second kappa shape index (κ2) is 6.10. The molecule has 3 aromatic rings. The zero-order valence-corrected chi connectivity index (χ0v) is 12.7. The third kappa shape index (κ3) is 3.70. The average molecular weight is 299 g/mol. The Morgan fingerprint density at radius 2 is 1.67 bits per heavy atom. The van der Waals surface area contributed by atoms with Gasteiger partial charge in [0, 0.05) is 10.1 Å². The van der Waals surface area contributed by atoms with Crippen molar-refractivity contribution in [2.24, 2.45) is 0 Å². The summed E-state index contributed by atoms with van der Waals surface area (Å²) < 4.78 is 4.01. The van der Waals surface area contributed by atoms with Crippen molar-refractivity contribution in [1.29, 1.82) is 0 Å². The molecule has 0 fully saturated rings. The maximum absolute atomic E-state index is 5.90. The molecule has 0 radical (unpaired) electrons. The summed E-state index contributed by atoms with van der Waals surface area (Å²) >= 11 is 5.90. The molecule has 2 aromatic carbocycles. The molecular formula is C17H17ClN3+. The smallest absolute Gasteiger partial charge is 0.233 e. The molecule has 3 rings (SSSR count). The third-order valence-corrected chi connectivity index (χ3v) is 3.63. The summed E-state index contributed by atoms with van der Waals surface area (Å²) in [6, 6.07) is 16.4. The Labute approximate surface area is 129 Å². The highest BCUT2D eigenvalue weighted by atomic mass is 35.5. The van der Waals surface area contributed by atoms with E-state index in [4.69, 9.17) is 11.6 Å². The zero-order valence-electron chi connectivity index (χ0n) is 11.9. The summed E-state index contributed by atoms with van der Waals surface area (Å²) in [5.74, 6) is 0. The van der Waals surface area contributed by atoms with Crippen molar-refractivity contribution >= 4 is 11.6 Å². The van der Waals surface area contributed by atoms with E-state index in [2.05, 4.69) is 40.9 Å². The van der Waals surface area contributed by atoms with Crippen LogP contribution < -0.4 is 4.57 Å². The van der Waals surface area contributed by atoms with Gasteiger partial charge in [-0.2, -0.15) is 0 Å². The van der Waals surface area contributed by atoms with Crippen LogP contribution in [0.2, 0.25) is 5.02 Å². The molecule has 0 aliphatic carbocycles. The average Bonchev–Trinajstić information content (AvgIpc) is 2.91. The van der Waals surface area contributed by atoms with Gasteiger partial charge in [-0.05, 0) is 30.2 Å². The van der Waals surface area contributed by atoms with E-state index in [0.29, 0.717) is 0 Å². The Balaban J connectivity index is 1.68. The normalized spacial score (nSPS) is 10.8. The van der Waals surface area contributed by atoms with Crippen LogP contribution in [0.1, 0.15) is 16.7 Å². The number of nitrogens with zero attached hydrogens (tertiary/aromatic N) is 3. The Morgan fingerprint density at radius 1 is 1.00 bits per heavy atom. The van der Waals surface area contributed by atoms with Gasteiger partial charge < -0.3 is 0 Å². The summed E-state index contributed by atoms with van der Waals surface area (Å²) in [7, 11) is 0. The lowest BCUT2D eigenvalue weighted by Gasteiger charge is -1.98. The molecule has 0 aliphatic heterocycles. The summed E-state index contributed by atoms with van der Waals surface area (Å²) in [5.41, 5.74) is 3.73. The molecule has 0 saturated heterocycles. The molecule has 21 heavy (non-hydrogen) atoms. The van der Waals surface area contributed by atoms with Gasteiger partial charge in [0.25, 0.3) is 6.33 Å². The molecule has 106 valence electrons. The predicted octanol–water partition coefficient (Wildman–Crippen LogP) is 3.23. The summed E-state index contributed by atoms with van der Waals surface area (Å²) in [6.45, 7) is 3.68. The lowest BCUT2D eigenvalue weighted by molar-refractivity contribution is -0.689. The predicted molar refractivity (Wildman–Crippen MR) is 83.3 cm³/mol. The number of halogens is 1. The molecule has 1 aromatic heterocycles. The van der Waals surface area contributed by atoms with Gasteiger partial charge in [0.1, 0.15) is 6.54 Å². The van der Waals surface area contributed by atoms with Gasteiger partial charge in [-0.15, -0.1) is 4.68 Å². The van der Waals surface area contributed by atoms with E-state index in [0.717, 1.165) is 18.1 Å². The van der Waals surface area contributed by atoms with E-state index >= 15 is 0 Å². The number of hydrogen-bond acceptors (Lipinski definition) is 1. The Morgan fingerprint density at radius 3 is 2.38 bits per heavy atom. The van der Waals surface area contributed by atoms with Crippen LogP contribution in [0, 0.1) is 6.92 Å². The quantitative estimate of drug-likeness (QED) is 0.678. The summed E-state index contributed by atoms with van der Waals surface area (Å²) in [5, 5.41) is 5.16. The van der Waals surface area contributed by atoms with E-state index < -0.39 is 0 Å². The van der Waals surface area contributed by atoms with Gasteiger partial charge in [0.05, 0.1) is 6.54 Å². The largest absolute Gasteiger partial charge is 0.265 e. The first-order valence-corrected chi connectivity index (χ1v) is 7.28. The molecule has 1 heterocycles. The molecule has 0 saturated carbocycles. The fourth-order valence-electron chi connectivity index (χ4n) is 2.21. The molecule has 0 unspecified atom stereocenters. The number of aromatic nitrogens is 3. The molecular weight excluding hydrogens is 282 g/mol. The van der Waals surface area contributed by atoms with E-state index in [1.54, 1.807) is 0 Å². The van der Waals surface area contributed by atoms with Gasteiger partial charge in [-0.1, -0.05) is 53.6 Å². The summed E-state index contributed by atoms with van der Waals surface area (Å²) in [4.78, 5) is 0. The fourth-order valence-corrected chi connectivity index (χ4v) is 2.33. The standard InChI is InChI=1S/C17H17ClN3/c1-14-2-4-16(5-3-14)11-21-13-20(12-19-21)10-15-6-8-17(18)9-7-15/h2-9,12-13H,10-11H2,1H3/q+1. The minimum atomic E-state index is 0.763.